The van der Waals surface area contributed by atoms with E-state index in [0.717, 1.165) is 15.7 Å². The van der Waals surface area contributed by atoms with Gasteiger partial charge in [-0.3, -0.25) is 14.3 Å². The fourth-order valence-electron chi connectivity index (χ4n) is 3.23. The molecular formula is C30H35FN3O2+. The second-order valence-corrected chi connectivity index (χ2v) is 9.06. The Morgan fingerprint density at radius 2 is 1.47 bits per heavy atom. The third-order valence-corrected chi connectivity index (χ3v) is 5.33. The van der Waals surface area contributed by atoms with Gasteiger partial charge >= 0.3 is 0 Å². The van der Waals surface area contributed by atoms with E-state index in [1.54, 1.807) is 24.4 Å². The summed E-state index contributed by atoms with van der Waals surface area (Å²) in [6.07, 6.45) is 5.49. The van der Waals surface area contributed by atoms with E-state index in [2.05, 4.69) is 57.3 Å². The summed E-state index contributed by atoms with van der Waals surface area (Å²) in [4.78, 5) is 15.5. The zero-order chi connectivity index (χ0) is 25.4. The number of rotatable bonds is 5. The summed E-state index contributed by atoms with van der Waals surface area (Å²) in [5.41, 5.74) is 10.1. The summed E-state index contributed by atoms with van der Waals surface area (Å²) in [6, 6.07) is 21.8. The van der Waals surface area contributed by atoms with Gasteiger partial charge in [0.25, 0.3) is 0 Å². The minimum Gasteiger partial charge on any atom is -0.457 e. The lowest BCUT2D eigenvalue weighted by molar-refractivity contribution is -0.114. The van der Waals surface area contributed by atoms with Crippen LogP contribution in [0, 0.1) is 12.7 Å². The zero-order valence-corrected chi connectivity index (χ0v) is 20.5. The standard InChI is InChI=1S/C19H15FN2O2.C10H16N.CH4/c20-15-4-8-17(9-5-15)24-16-6-1-13(2-7-16)18-10-3-14(19(21)23)11-12-22-18;1-9-5-7-10(8-6-9)11(2,3)4;/h1-2,4-12H,3H2,(H2,21,23);5-8H,1-4H3;1H4/q;+1;. The summed E-state index contributed by atoms with van der Waals surface area (Å²) in [6.45, 7) is 2.11. The van der Waals surface area contributed by atoms with Gasteiger partial charge in [0, 0.05) is 17.4 Å². The Labute approximate surface area is 213 Å². The molecule has 36 heavy (non-hydrogen) atoms. The molecule has 3 aromatic rings. The van der Waals surface area contributed by atoms with Crippen LogP contribution in [0.1, 0.15) is 25.0 Å². The SMILES string of the molecule is C.Cc1ccc([N+](C)(C)C)cc1.NC(=O)C1=CC=NC(c2ccc(Oc3ccc(F)cc3)cc2)=CC1. The van der Waals surface area contributed by atoms with Gasteiger partial charge in [0.15, 0.2) is 0 Å². The second kappa shape index (κ2) is 12.6. The summed E-state index contributed by atoms with van der Waals surface area (Å²) in [5, 5.41) is 0. The average molecular weight is 489 g/mol. The number of aryl methyl sites for hydroxylation is 1. The molecule has 0 bridgehead atoms. The van der Waals surface area contributed by atoms with Gasteiger partial charge in [0.2, 0.25) is 5.91 Å². The minimum atomic E-state index is -0.443. The van der Waals surface area contributed by atoms with Gasteiger partial charge in [0.05, 0.1) is 26.8 Å². The molecular weight excluding hydrogens is 453 g/mol. The van der Waals surface area contributed by atoms with Crippen LogP contribution in [-0.2, 0) is 4.79 Å². The van der Waals surface area contributed by atoms with Gasteiger partial charge in [-0.25, -0.2) is 4.39 Å². The van der Waals surface area contributed by atoms with Crippen molar-refractivity contribution in [2.45, 2.75) is 20.8 Å². The Morgan fingerprint density at radius 3 is 2.00 bits per heavy atom. The first-order valence-electron chi connectivity index (χ1n) is 11.3. The fourth-order valence-corrected chi connectivity index (χ4v) is 3.23. The lowest BCUT2D eigenvalue weighted by atomic mass is 10.1. The van der Waals surface area contributed by atoms with Crippen molar-refractivity contribution in [2.24, 2.45) is 10.7 Å². The summed E-state index contributed by atoms with van der Waals surface area (Å²) >= 11 is 0. The number of carbonyl (C=O) groups is 1. The third kappa shape index (κ3) is 8.32. The van der Waals surface area contributed by atoms with Crippen LogP contribution in [0.4, 0.5) is 10.1 Å². The van der Waals surface area contributed by atoms with Gasteiger partial charge in [-0.05, 0) is 80.1 Å². The molecule has 1 aliphatic rings. The molecule has 0 aromatic heterocycles. The Hall–Kier alpha value is -4.03. The number of aliphatic imine (C=N–C) groups is 1. The van der Waals surface area contributed by atoms with Gasteiger partial charge < -0.3 is 10.5 Å². The topological polar surface area (TPSA) is 64.7 Å². The highest BCUT2D eigenvalue weighted by molar-refractivity contribution is 5.98. The average Bonchev–Trinajstić information content (AvgIpc) is 3.08. The first-order chi connectivity index (χ1) is 16.6. The molecule has 0 spiro atoms. The molecule has 0 fully saturated rings. The molecule has 5 nitrogen and oxygen atoms in total. The summed E-state index contributed by atoms with van der Waals surface area (Å²) < 4.78 is 19.4. The van der Waals surface area contributed by atoms with Gasteiger partial charge in [-0.15, -0.1) is 0 Å². The highest BCUT2D eigenvalue weighted by atomic mass is 19.1. The molecule has 3 aromatic carbocycles. The highest BCUT2D eigenvalue weighted by Crippen LogP contribution is 2.26. The van der Waals surface area contributed by atoms with Gasteiger partial charge in [-0.1, -0.05) is 31.2 Å². The van der Waals surface area contributed by atoms with E-state index in [1.165, 1.54) is 23.4 Å². The van der Waals surface area contributed by atoms with Crippen molar-refractivity contribution in [2.75, 3.05) is 21.1 Å². The molecule has 0 radical (unpaired) electrons. The van der Waals surface area contributed by atoms with Crippen LogP contribution in [0.5, 0.6) is 11.5 Å². The number of hydrogen-bond donors (Lipinski definition) is 1. The Bertz CT molecular complexity index is 1240. The molecule has 0 unspecified atom stereocenters. The molecule has 188 valence electrons. The molecule has 1 heterocycles. The normalized spacial score (nSPS) is 12.7. The molecule has 0 saturated carbocycles. The van der Waals surface area contributed by atoms with Crippen molar-refractivity contribution in [3.63, 3.8) is 0 Å². The van der Waals surface area contributed by atoms with Crippen LogP contribution in [0.2, 0.25) is 0 Å². The molecule has 0 aliphatic carbocycles. The quantitative estimate of drug-likeness (QED) is 0.408. The molecule has 4 rings (SSSR count). The predicted molar refractivity (Wildman–Crippen MR) is 149 cm³/mol. The number of carbonyl (C=O) groups excluding carboxylic acids is 1. The minimum absolute atomic E-state index is 0. The second-order valence-electron chi connectivity index (χ2n) is 9.06. The Balaban J connectivity index is 0.000000321. The molecule has 2 N–H and O–H groups in total. The zero-order valence-electron chi connectivity index (χ0n) is 20.5. The number of amides is 1. The van der Waals surface area contributed by atoms with Gasteiger partial charge in [0.1, 0.15) is 23.0 Å². The number of nitrogens with two attached hydrogens (primary N) is 1. The number of quaternary nitrogens is 1. The number of hydrogen-bond acceptors (Lipinski definition) is 3. The van der Waals surface area contributed by atoms with E-state index in [4.69, 9.17) is 10.5 Å². The molecule has 0 saturated heterocycles. The number of primary amides is 1. The van der Waals surface area contributed by atoms with Crippen molar-refractivity contribution < 1.29 is 13.9 Å². The lowest BCUT2D eigenvalue weighted by Crippen LogP contribution is -2.34. The monoisotopic (exact) mass is 488 g/mol. The molecule has 1 aliphatic heterocycles. The molecule has 1 amide bonds. The number of ether oxygens (including phenoxy) is 1. The smallest absolute Gasteiger partial charge is 0.244 e. The first kappa shape index (κ1) is 28.2. The van der Waals surface area contributed by atoms with E-state index < -0.39 is 5.91 Å². The van der Waals surface area contributed by atoms with Crippen LogP contribution < -0.4 is 15.0 Å². The van der Waals surface area contributed by atoms with Crippen LogP contribution >= 0.6 is 0 Å². The van der Waals surface area contributed by atoms with Crippen molar-refractivity contribution in [3.8, 4) is 11.5 Å². The van der Waals surface area contributed by atoms with E-state index in [-0.39, 0.29) is 13.2 Å². The van der Waals surface area contributed by atoms with Crippen molar-refractivity contribution in [1.29, 1.82) is 0 Å². The lowest BCUT2D eigenvalue weighted by Gasteiger charge is -2.23. The maximum atomic E-state index is 12.9. The van der Waals surface area contributed by atoms with E-state index >= 15 is 0 Å². The van der Waals surface area contributed by atoms with Crippen LogP contribution in [0.25, 0.3) is 5.70 Å². The van der Waals surface area contributed by atoms with Crippen molar-refractivity contribution in [1.82, 2.24) is 4.48 Å². The molecule has 6 heteroatoms. The molecule has 0 atom stereocenters. The van der Waals surface area contributed by atoms with E-state index in [0.29, 0.717) is 23.5 Å². The highest BCUT2D eigenvalue weighted by Gasteiger charge is 2.10. The van der Waals surface area contributed by atoms with Crippen molar-refractivity contribution in [3.05, 3.63) is 107 Å². The summed E-state index contributed by atoms with van der Waals surface area (Å²) in [7, 11) is 6.51. The number of halogens is 1. The summed E-state index contributed by atoms with van der Waals surface area (Å²) in [5.74, 6) is 0.451. The van der Waals surface area contributed by atoms with Gasteiger partial charge in [-0.2, -0.15) is 0 Å². The van der Waals surface area contributed by atoms with Crippen LogP contribution in [0.3, 0.4) is 0 Å². The third-order valence-electron chi connectivity index (χ3n) is 5.33. The largest absolute Gasteiger partial charge is 0.457 e. The Kier molecular flexibility index (Phi) is 9.88. The fraction of sp³-hybridized carbons (Fsp3) is 0.200. The predicted octanol–water partition coefficient (Wildman–Crippen LogP) is 6.67. The van der Waals surface area contributed by atoms with Crippen LogP contribution in [-0.4, -0.2) is 33.3 Å². The first-order valence-corrected chi connectivity index (χ1v) is 11.3. The van der Waals surface area contributed by atoms with Crippen LogP contribution in [0.15, 0.2) is 95.5 Å². The number of allylic oxidation sites excluding steroid dienone is 2. The maximum absolute atomic E-state index is 12.9. The maximum Gasteiger partial charge on any atom is 0.244 e. The van der Waals surface area contributed by atoms with Crippen molar-refractivity contribution >= 4 is 23.5 Å². The van der Waals surface area contributed by atoms with E-state index in [1.807, 2.05) is 30.3 Å². The number of benzene rings is 3. The Morgan fingerprint density at radius 1 is 0.917 bits per heavy atom. The van der Waals surface area contributed by atoms with E-state index in [9.17, 15) is 9.18 Å². The number of nitrogens with zero attached hydrogens (tertiary/aromatic N) is 2.